The minimum absolute atomic E-state index is 0.322. The molecule has 1 unspecified atom stereocenters. The zero-order valence-corrected chi connectivity index (χ0v) is 10.3. The molecule has 3 fully saturated rings. The van der Waals surface area contributed by atoms with Crippen LogP contribution in [0, 0.1) is 5.92 Å². The monoisotopic (exact) mass is 223 g/mol. The molecule has 0 aromatic rings. The average Bonchev–Trinajstić information content (AvgIpc) is 2.87. The fourth-order valence-corrected chi connectivity index (χ4v) is 3.40. The van der Waals surface area contributed by atoms with Gasteiger partial charge in [-0.1, -0.05) is 25.7 Å². The number of hydrogen-bond acceptors (Lipinski definition) is 2. The van der Waals surface area contributed by atoms with Crippen molar-refractivity contribution in [2.24, 2.45) is 5.92 Å². The topological polar surface area (TPSA) is 21.3 Å². The molecule has 3 rings (SSSR count). The summed E-state index contributed by atoms with van der Waals surface area (Å²) in [5, 5.41) is 3.58. The largest absolute Gasteiger partial charge is 0.370 e. The van der Waals surface area contributed by atoms with E-state index in [-0.39, 0.29) is 0 Å². The fraction of sp³-hybridized carbons (Fsp3) is 1.00. The molecular formula is C14H25NO. The Morgan fingerprint density at radius 3 is 2.62 bits per heavy atom. The Bertz CT molecular complexity index is 231. The van der Waals surface area contributed by atoms with E-state index in [9.17, 15) is 0 Å². The first-order valence-corrected chi connectivity index (χ1v) is 7.25. The Kier molecular flexibility index (Phi) is 3.21. The van der Waals surface area contributed by atoms with Crippen LogP contribution in [0.25, 0.3) is 0 Å². The van der Waals surface area contributed by atoms with E-state index in [1.807, 2.05) is 0 Å². The van der Waals surface area contributed by atoms with E-state index < -0.39 is 0 Å². The standard InChI is InChI=1S/C14H25NO/c1-2-8-14(7-1)9-5-13(16-14)11-15-10-6-12-3-4-12/h12-13,15H,1-11H2. The number of rotatable bonds is 5. The van der Waals surface area contributed by atoms with E-state index in [1.54, 1.807) is 0 Å². The minimum Gasteiger partial charge on any atom is -0.370 e. The van der Waals surface area contributed by atoms with Crippen LogP contribution in [0.3, 0.4) is 0 Å². The van der Waals surface area contributed by atoms with Crippen LogP contribution in [0.2, 0.25) is 0 Å². The van der Waals surface area contributed by atoms with Gasteiger partial charge in [0.25, 0.3) is 0 Å². The molecule has 3 aliphatic rings. The first-order chi connectivity index (χ1) is 7.86. The van der Waals surface area contributed by atoms with Crippen molar-refractivity contribution < 1.29 is 4.74 Å². The molecule has 0 aromatic carbocycles. The Morgan fingerprint density at radius 1 is 1.06 bits per heavy atom. The molecule has 1 saturated heterocycles. The van der Waals surface area contributed by atoms with Gasteiger partial charge in [-0.3, -0.25) is 0 Å². The van der Waals surface area contributed by atoms with Crippen molar-refractivity contribution in [1.82, 2.24) is 5.32 Å². The van der Waals surface area contributed by atoms with Crippen molar-refractivity contribution in [2.45, 2.75) is 69.5 Å². The third-order valence-corrected chi connectivity index (χ3v) is 4.65. The summed E-state index contributed by atoms with van der Waals surface area (Å²) < 4.78 is 6.27. The molecule has 0 radical (unpaired) electrons. The molecule has 92 valence electrons. The van der Waals surface area contributed by atoms with Gasteiger partial charge in [-0.15, -0.1) is 0 Å². The molecule has 16 heavy (non-hydrogen) atoms. The van der Waals surface area contributed by atoms with Gasteiger partial charge in [-0.2, -0.15) is 0 Å². The van der Waals surface area contributed by atoms with E-state index in [0.717, 1.165) is 12.5 Å². The molecule has 1 atom stereocenters. The summed E-state index contributed by atoms with van der Waals surface area (Å²) in [7, 11) is 0. The molecule has 0 aromatic heterocycles. The van der Waals surface area contributed by atoms with Gasteiger partial charge >= 0.3 is 0 Å². The smallest absolute Gasteiger partial charge is 0.0708 e. The van der Waals surface area contributed by atoms with Gasteiger partial charge in [-0.05, 0) is 44.6 Å². The van der Waals surface area contributed by atoms with E-state index in [4.69, 9.17) is 4.74 Å². The van der Waals surface area contributed by atoms with E-state index in [0.29, 0.717) is 11.7 Å². The summed E-state index contributed by atoms with van der Waals surface area (Å²) in [6, 6.07) is 0. The Balaban J connectivity index is 1.33. The Labute approximate surface area is 99.1 Å². The number of nitrogens with one attached hydrogen (secondary N) is 1. The first kappa shape index (κ1) is 11.0. The zero-order valence-electron chi connectivity index (χ0n) is 10.3. The van der Waals surface area contributed by atoms with Crippen LogP contribution in [-0.4, -0.2) is 24.8 Å². The Hall–Kier alpha value is -0.0800. The van der Waals surface area contributed by atoms with Crippen LogP contribution in [0.5, 0.6) is 0 Å². The highest BCUT2D eigenvalue weighted by molar-refractivity contribution is 4.93. The van der Waals surface area contributed by atoms with E-state index >= 15 is 0 Å². The average molecular weight is 223 g/mol. The lowest BCUT2D eigenvalue weighted by molar-refractivity contribution is -0.0350. The van der Waals surface area contributed by atoms with Crippen LogP contribution in [0.1, 0.15) is 57.8 Å². The quantitative estimate of drug-likeness (QED) is 0.724. The molecule has 1 N–H and O–H groups in total. The second kappa shape index (κ2) is 4.66. The third-order valence-electron chi connectivity index (χ3n) is 4.65. The van der Waals surface area contributed by atoms with Crippen molar-refractivity contribution in [1.29, 1.82) is 0 Å². The summed E-state index contributed by atoms with van der Waals surface area (Å²) in [6.45, 7) is 2.30. The van der Waals surface area contributed by atoms with Crippen molar-refractivity contribution >= 4 is 0 Å². The summed E-state index contributed by atoms with van der Waals surface area (Å²) in [4.78, 5) is 0. The maximum Gasteiger partial charge on any atom is 0.0708 e. The minimum atomic E-state index is 0.322. The molecule has 2 saturated carbocycles. The van der Waals surface area contributed by atoms with Gasteiger partial charge in [0.05, 0.1) is 11.7 Å². The Morgan fingerprint density at radius 2 is 1.88 bits per heavy atom. The molecule has 0 amide bonds. The van der Waals surface area contributed by atoms with Crippen molar-refractivity contribution in [2.75, 3.05) is 13.1 Å². The molecule has 0 bridgehead atoms. The highest BCUT2D eigenvalue weighted by Gasteiger charge is 2.41. The van der Waals surface area contributed by atoms with E-state index in [2.05, 4.69) is 5.32 Å². The maximum atomic E-state index is 6.27. The molecule has 1 aliphatic heterocycles. The lowest BCUT2D eigenvalue weighted by Gasteiger charge is -2.23. The lowest BCUT2D eigenvalue weighted by atomic mass is 9.98. The second-order valence-corrected chi connectivity index (χ2v) is 6.10. The molecule has 2 nitrogen and oxygen atoms in total. The summed E-state index contributed by atoms with van der Waals surface area (Å²) >= 11 is 0. The predicted molar refractivity (Wildman–Crippen MR) is 65.5 cm³/mol. The first-order valence-electron chi connectivity index (χ1n) is 7.25. The summed E-state index contributed by atoms with van der Waals surface area (Å²) in [5.41, 5.74) is 0.322. The maximum absolute atomic E-state index is 6.27. The third kappa shape index (κ3) is 2.60. The van der Waals surface area contributed by atoms with Gasteiger partial charge in [0.15, 0.2) is 0 Å². The van der Waals surface area contributed by atoms with Crippen molar-refractivity contribution in [3.8, 4) is 0 Å². The second-order valence-electron chi connectivity index (χ2n) is 6.10. The van der Waals surface area contributed by atoms with Crippen molar-refractivity contribution in [3.05, 3.63) is 0 Å². The summed E-state index contributed by atoms with van der Waals surface area (Å²) in [5.74, 6) is 1.05. The van der Waals surface area contributed by atoms with Crippen LogP contribution < -0.4 is 5.32 Å². The lowest BCUT2D eigenvalue weighted by Crippen LogP contribution is -2.31. The van der Waals surface area contributed by atoms with Crippen LogP contribution >= 0.6 is 0 Å². The van der Waals surface area contributed by atoms with Crippen LogP contribution in [0.4, 0.5) is 0 Å². The zero-order chi connectivity index (χ0) is 10.8. The predicted octanol–water partition coefficient (Wildman–Crippen LogP) is 2.87. The summed E-state index contributed by atoms with van der Waals surface area (Å²) in [6.07, 6.45) is 12.9. The molecule has 1 spiro atoms. The van der Waals surface area contributed by atoms with Gasteiger partial charge in [-0.25, -0.2) is 0 Å². The van der Waals surface area contributed by atoms with Crippen LogP contribution in [0.15, 0.2) is 0 Å². The van der Waals surface area contributed by atoms with Crippen molar-refractivity contribution in [3.63, 3.8) is 0 Å². The highest BCUT2D eigenvalue weighted by atomic mass is 16.5. The molecule has 2 heteroatoms. The molecule has 1 heterocycles. The SMILES string of the molecule is C1CCC2(C1)CCC(CNCCC1CC1)O2. The van der Waals surface area contributed by atoms with Gasteiger partial charge in [0, 0.05) is 6.54 Å². The molecular weight excluding hydrogens is 198 g/mol. The normalized spacial score (nSPS) is 32.6. The van der Waals surface area contributed by atoms with Crippen LogP contribution in [-0.2, 0) is 4.74 Å². The van der Waals surface area contributed by atoms with Gasteiger partial charge < -0.3 is 10.1 Å². The van der Waals surface area contributed by atoms with E-state index in [1.165, 1.54) is 64.3 Å². The van der Waals surface area contributed by atoms with Gasteiger partial charge in [0.2, 0.25) is 0 Å². The van der Waals surface area contributed by atoms with Gasteiger partial charge in [0.1, 0.15) is 0 Å². The highest BCUT2D eigenvalue weighted by Crippen LogP contribution is 2.43. The number of hydrogen-bond donors (Lipinski definition) is 1. The fourth-order valence-electron chi connectivity index (χ4n) is 3.40. The number of ether oxygens (including phenoxy) is 1. The molecule has 2 aliphatic carbocycles.